The van der Waals surface area contributed by atoms with Crippen LogP contribution in [-0.2, 0) is 0 Å². The third-order valence-electron chi connectivity index (χ3n) is 1.89. The van der Waals surface area contributed by atoms with Crippen LogP contribution in [0.5, 0.6) is 0 Å². The van der Waals surface area contributed by atoms with Gasteiger partial charge in [0, 0.05) is 0 Å². The molecule has 57 valence electrons. The second-order valence-electron chi connectivity index (χ2n) is 2.62. The van der Waals surface area contributed by atoms with Crippen LogP contribution < -0.4 is 5.32 Å². The maximum absolute atomic E-state index is 8.77. The molecule has 2 nitrogen and oxygen atoms in total. The molecule has 0 bridgehead atoms. The van der Waals surface area contributed by atoms with Gasteiger partial charge in [0.05, 0.1) is 12.3 Å². The van der Waals surface area contributed by atoms with Crippen molar-refractivity contribution in [3.05, 3.63) is 41.6 Å². The van der Waals surface area contributed by atoms with Crippen LogP contribution in [0, 0.1) is 17.5 Å². The summed E-state index contributed by atoms with van der Waals surface area (Å²) in [5.41, 5.74) is 2.10. The summed E-state index contributed by atoms with van der Waals surface area (Å²) in [6.07, 6.45) is 4.69. The Hall–Kier alpha value is -1.75. The van der Waals surface area contributed by atoms with Gasteiger partial charge < -0.3 is 5.32 Å². The summed E-state index contributed by atoms with van der Waals surface area (Å²) in [6.45, 7) is 0. The van der Waals surface area contributed by atoms with E-state index in [0.717, 1.165) is 11.1 Å². The third kappa shape index (κ3) is 0.960. The molecule has 0 saturated carbocycles. The summed E-state index contributed by atoms with van der Waals surface area (Å²) in [5.74, 6) is 0. The van der Waals surface area contributed by atoms with Crippen LogP contribution in [0.3, 0.4) is 0 Å². The maximum atomic E-state index is 8.77. The molecule has 1 heterocycles. The van der Waals surface area contributed by atoms with Crippen molar-refractivity contribution in [1.82, 2.24) is 5.32 Å². The molecule has 1 N–H and O–H groups in total. The zero-order valence-corrected chi connectivity index (χ0v) is 6.41. The van der Waals surface area contributed by atoms with Gasteiger partial charge in [-0.2, -0.15) is 5.26 Å². The van der Waals surface area contributed by atoms with E-state index < -0.39 is 0 Å². The zero-order valence-electron chi connectivity index (χ0n) is 6.41. The number of nitrogens with zero attached hydrogens (tertiary/aromatic N) is 1. The molecule has 0 aromatic heterocycles. The molecule has 1 aromatic rings. The molecular formula is C10H7N2. The highest BCUT2D eigenvalue weighted by Gasteiger charge is 2.14. The molecule has 1 unspecified atom stereocenters. The second kappa shape index (κ2) is 2.71. The lowest BCUT2D eigenvalue weighted by molar-refractivity contribution is 0.742. The highest BCUT2D eigenvalue weighted by atomic mass is 14.9. The monoisotopic (exact) mass is 155 g/mol. The average Bonchev–Trinajstić information content (AvgIpc) is 2.17. The molecule has 1 atom stereocenters. The Kier molecular flexibility index (Phi) is 1.56. The lowest BCUT2D eigenvalue weighted by Gasteiger charge is -2.16. The van der Waals surface area contributed by atoms with E-state index in [4.69, 9.17) is 5.26 Å². The molecule has 1 aliphatic heterocycles. The molecule has 0 spiro atoms. The van der Waals surface area contributed by atoms with Gasteiger partial charge in [-0.1, -0.05) is 24.3 Å². The van der Waals surface area contributed by atoms with Crippen LogP contribution in [0.1, 0.15) is 17.2 Å². The zero-order chi connectivity index (χ0) is 8.39. The predicted octanol–water partition coefficient (Wildman–Crippen LogP) is 1.63. The number of nitriles is 1. The number of hydrogen-bond donors (Lipinski definition) is 1. The van der Waals surface area contributed by atoms with Crippen molar-refractivity contribution in [3.8, 4) is 6.07 Å². The van der Waals surface area contributed by atoms with Gasteiger partial charge in [0.25, 0.3) is 0 Å². The summed E-state index contributed by atoms with van der Waals surface area (Å²) in [6, 6.07) is 9.74. The summed E-state index contributed by atoms with van der Waals surface area (Å²) in [5, 5.41) is 11.6. The normalized spacial score (nSPS) is 19.1. The Balaban J connectivity index is 2.54. The van der Waals surface area contributed by atoms with E-state index in [1.807, 2.05) is 30.3 Å². The summed E-state index contributed by atoms with van der Waals surface area (Å²) >= 11 is 0. The molecule has 1 aromatic carbocycles. The lowest BCUT2D eigenvalue weighted by atomic mass is 9.99. The lowest BCUT2D eigenvalue weighted by Crippen LogP contribution is -2.18. The molecule has 1 aliphatic rings. The van der Waals surface area contributed by atoms with Crippen LogP contribution in [0.4, 0.5) is 0 Å². The van der Waals surface area contributed by atoms with Crippen LogP contribution in [0.2, 0.25) is 0 Å². The highest BCUT2D eigenvalue weighted by Crippen LogP contribution is 2.21. The Morgan fingerprint density at radius 1 is 1.42 bits per heavy atom. The van der Waals surface area contributed by atoms with Crippen molar-refractivity contribution in [2.45, 2.75) is 6.04 Å². The first-order valence-electron chi connectivity index (χ1n) is 3.74. The van der Waals surface area contributed by atoms with Crippen molar-refractivity contribution in [1.29, 1.82) is 5.26 Å². The van der Waals surface area contributed by atoms with E-state index in [2.05, 4.69) is 17.6 Å². The Morgan fingerprint density at radius 2 is 2.25 bits per heavy atom. The Morgan fingerprint density at radius 3 is 3.08 bits per heavy atom. The van der Waals surface area contributed by atoms with Crippen molar-refractivity contribution in [2.24, 2.45) is 0 Å². The molecule has 2 rings (SSSR count). The fourth-order valence-electron chi connectivity index (χ4n) is 1.29. The summed E-state index contributed by atoms with van der Waals surface area (Å²) < 4.78 is 0. The van der Waals surface area contributed by atoms with Crippen LogP contribution in [0.15, 0.2) is 24.3 Å². The second-order valence-corrected chi connectivity index (χ2v) is 2.62. The quantitative estimate of drug-likeness (QED) is 0.618. The van der Waals surface area contributed by atoms with Gasteiger partial charge in [-0.3, -0.25) is 0 Å². The number of benzene rings is 1. The number of hydrogen-bond acceptors (Lipinski definition) is 2. The van der Waals surface area contributed by atoms with E-state index in [0.29, 0.717) is 0 Å². The SMILES string of the molecule is N#CC1N[C]=Cc2ccccc21. The van der Waals surface area contributed by atoms with E-state index in [-0.39, 0.29) is 6.04 Å². The van der Waals surface area contributed by atoms with Gasteiger partial charge in [-0.15, -0.1) is 0 Å². The minimum Gasteiger partial charge on any atom is -0.364 e. The maximum Gasteiger partial charge on any atom is 0.140 e. The molecule has 0 fully saturated rings. The van der Waals surface area contributed by atoms with Crippen LogP contribution in [-0.4, -0.2) is 0 Å². The predicted molar refractivity (Wildman–Crippen MR) is 45.6 cm³/mol. The van der Waals surface area contributed by atoms with Crippen LogP contribution >= 0.6 is 0 Å². The highest BCUT2D eigenvalue weighted by molar-refractivity contribution is 5.56. The molecule has 0 saturated heterocycles. The van der Waals surface area contributed by atoms with E-state index >= 15 is 0 Å². The topological polar surface area (TPSA) is 35.8 Å². The van der Waals surface area contributed by atoms with Gasteiger partial charge in [0.15, 0.2) is 0 Å². The molecule has 12 heavy (non-hydrogen) atoms. The van der Waals surface area contributed by atoms with Crippen molar-refractivity contribution in [2.75, 3.05) is 0 Å². The number of fused-ring (bicyclic) bond motifs is 1. The average molecular weight is 155 g/mol. The van der Waals surface area contributed by atoms with E-state index in [1.165, 1.54) is 0 Å². The van der Waals surface area contributed by atoms with Crippen molar-refractivity contribution in [3.63, 3.8) is 0 Å². The third-order valence-corrected chi connectivity index (χ3v) is 1.89. The number of rotatable bonds is 0. The fraction of sp³-hybridized carbons (Fsp3) is 0.100. The van der Waals surface area contributed by atoms with E-state index in [1.54, 1.807) is 0 Å². The molecule has 1 radical (unpaired) electrons. The van der Waals surface area contributed by atoms with Gasteiger partial charge in [0.2, 0.25) is 0 Å². The van der Waals surface area contributed by atoms with E-state index in [9.17, 15) is 0 Å². The molecular weight excluding hydrogens is 148 g/mol. The summed E-state index contributed by atoms with van der Waals surface area (Å²) in [4.78, 5) is 0. The Labute approximate surface area is 71.1 Å². The Bertz CT molecular complexity index is 360. The fourth-order valence-corrected chi connectivity index (χ4v) is 1.29. The standard InChI is InChI=1S/C10H7N2/c11-7-10-9-4-2-1-3-8(9)5-6-12-10/h1-5,10,12H. The first kappa shape index (κ1) is 6.93. The van der Waals surface area contributed by atoms with Gasteiger partial charge in [-0.25, -0.2) is 0 Å². The van der Waals surface area contributed by atoms with Gasteiger partial charge >= 0.3 is 0 Å². The van der Waals surface area contributed by atoms with Crippen molar-refractivity contribution >= 4 is 6.08 Å². The minimum atomic E-state index is -0.244. The number of nitrogens with one attached hydrogen (secondary N) is 1. The first-order chi connectivity index (χ1) is 5.92. The summed E-state index contributed by atoms with van der Waals surface area (Å²) in [7, 11) is 0. The smallest absolute Gasteiger partial charge is 0.140 e. The molecule has 2 heteroatoms. The van der Waals surface area contributed by atoms with Gasteiger partial charge in [-0.05, 0) is 17.2 Å². The molecule has 0 aliphatic carbocycles. The van der Waals surface area contributed by atoms with Gasteiger partial charge in [0.1, 0.15) is 6.04 Å². The largest absolute Gasteiger partial charge is 0.364 e. The minimum absolute atomic E-state index is 0.244. The van der Waals surface area contributed by atoms with Crippen molar-refractivity contribution < 1.29 is 0 Å². The van der Waals surface area contributed by atoms with Crippen LogP contribution in [0.25, 0.3) is 6.08 Å². The molecule has 0 amide bonds. The first-order valence-corrected chi connectivity index (χ1v) is 3.74.